The molecule has 2 aromatic heterocycles. The fourth-order valence-corrected chi connectivity index (χ4v) is 2.72. The molecule has 0 spiro atoms. The summed E-state index contributed by atoms with van der Waals surface area (Å²) in [5.41, 5.74) is 5.75. The smallest absolute Gasteiger partial charge is 0.276 e. The Morgan fingerprint density at radius 2 is 1.86 bits per heavy atom. The van der Waals surface area contributed by atoms with Crippen LogP contribution in [0.5, 0.6) is 0 Å². The van der Waals surface area contributed by atoms with Crippen molar-refractivity contribution in [2.45, 2.75) is 0 Å². The lowest BCUT2D eigenvalue weighted by Crippen LogP contribution is -2.30. The second-order valence-electron chi connectivity index (χ2n) is 5.73. The zero-order chi connectivity index (χ0) is 20.4. The van der Waals surface area contributed by atoms with Crippen molar-refractivity contribution in [3.8, 4) is 5.82 Å². The van der Waals surface area contributed by atoms with Crippen molar-refractivity contribution in [2.24, 2.45) is 0 Å². The van der Waals surface area contributed by atoms with E-state index in [2.05, 4.69) is 31.1 Å². The summed E-state index contributed by atoms with van der Waals surface area (Å²) in [6.45, 7) is 0. The van der Waals surface area contributed by atoms with Gasteiger partial charge in [-0.3, -0.25) is 25.8 Å². The lowest BCUT2D eigenvalue weighted by molar-refractivity contribution is -0.384. The van der Waals surface area contributed by atoms with Crippen LogP contribution in [-0.2, 0) is 0 Å². The third-order valence-electron chi connectivity index (χ3n) is 3.94. The van der Waals surface area contributed by atoms with Crippen molar-refractivity contribution in [2.75, 3.05) is 5.43 Å². The molecular weight excluding hydrogens is 400 g/mol. The first-order valence-corrected chi connectivity index (χ1v) is 8.54. The van der Waals surface area contributed by atoms with Crippen molar-refractivity contribution in [3.63, 3.8) is 0 Å². The highest BCUT2D eigenvalue weighted by Gasteiger charge is 2.26. The van der Waals surface area contributed by atoms with Crippen LogP contribution >= 0.6 is 11.6 Å². The molecule has 4 aromatic rings. The summed E-state index contributed by atoms with van der Waals surface area (Å²) >= 11 is 5.80. The van der Waals surface area contributed by atoms with Gasteiger partial charge < -0.3 is 0 Å². The molecule has 0 atom stereocenters. The van der Waals surface area contributed by atoms with Gasteiger partial charge in [-0.05, 0) is 36.4 Å². The average molecular weight is 411 g/mol. The molecule has 0 aliphatic carbocycles. The van der Waals surface area contributed by atoms with E-state index in [0.29, 0.717) is 21.6 Å². The van der Waals surface area contributed by atoms with Crippen LogP contribution < -0.4 is 10.9 Å². The summed E-state index contributed by atoms with van der Waals surface area (Å²) in [6.07, 6.45) is 1.12. The van der Waals surface area contributed by atoms with Gasteiger partial charge >= 0.3 is 5.69 Å². The van der Waals surface area contributed by atoms with Gasteiger partial charge in [-0.2, -0.15) is 4.68 Å². The number of rotatable bonds is 5. The van der Waals surface area contributed by atoms with Crippen LogP contribution in [0.15, 0.2) is 54.9 Å². The summed E-state index contributed by atoms with van der Waals surface area (Å²) in [6, 6.07) is 13.1. The number of hydrogen-bond donors (Lipinski definition) is 2. The molecule has 29 heavy (non-hydrogen) atoms. The zero-order valence-corrected chi connectivity index (χ0v) is 15.2. The van der Waals surface area contributed by atoms with Gasteiger partial charge in [0.15, 0.2) is 0 Å². The predicted octanol–water partition coefficient (Wildman–Crippen LogP) is 2.53. The Balaban J connectivity index is 1.68. The lowest BCUT2D eigenvalue weighted by atomic mass is 10.2. The normalized spacial score (nSPS) is 10.7. The maximum absolute atomic E-state index is 12.2. The van der Waals surface area contributed by atoms with Crippen molar-refractivity contribution in [3.05, 3.63) is 75.6 Å². The quantitative estimate of drug-likeness (QED) is 0.377. The molecule has 11 nitrogen and oxygen atoms in total. The monoisotopic (exact) mass is 410 g/mol. The molecule has 0 aliphatic heterocycles. The second-order valence-corrected chi connectivity index (χ2v) is 6.16. The van der Waals surface area contributed by atoms with Gasteiger partial charge in [0.05, 0.1) is 10.4 Å². The number of carbonyl (C=O) groups excluding carboxylic acids is 1. The first-order valence-electron chi connectivity index (χ1n) is 8.17. The Bertz CT molecular complexity index is 1230. The Morgan fingerprint density at radius 3 is 2.62 bits per heavy atom. The third-order valence-corrected chi connectivity index (χ3v) is 4.19. The van der Waals surface area contributed by atoms with E-state index in [9.17, 15) is 14.9 Å². The Labute approximate surface area is 167 Å². The van der Waals surface area contributed by atoms with Crippen molar-refractivity contribution in [1.29, 1.82) is 0 Å². The highest BCUT2D eigenvalue weighted by molar-refractivity contribution is 6.30. The number of nitro groups is 1. The molecule has 0 unspecified atom stereocenters. The molecule has 0 aliphatic rings. The highest BCUT2D eigenvalue weighted by atomic mass is 35.5. The van der Waals surface area contributed by atoms with E-state index in [1.807, 2.05) is 0 Å². The van der Waals surface area contributed by atoms with Crippen molar-refractivity contribution in [1.82, 2.24) is 30.4 Å². The van der Waals surface area contributed by atoms with Gasteiger partial charge in [0.1, 0.15) is 11.8 Å². The molecule has 144 valence electrons. The fourth-order valence-electron chi connectivity index (χ4n) is 2.60. The van der Waals surface area contributed by atoms with Gasteiger partial charge in [-0.25, -0.2) is 9.97 Å². The summed E-state index contributed by atoms with van der Waals surface area (Å²) in [5.74, 6) is -0.828. The molecule has 0 saturated carbocycles. The van der Waals surface area contributed by atoms with Crippen LogP contribution in [0.4, 0.5) is 11.5 Å². The topological polar surface area (TPSA) is 141 Å². The minimum Gasteiger partial charge on any atom is -0.276 e. The first-order chi connectivity index (χ1) is 14.0. The summed E-state index contributed by atoms with van der Waals surface area (Å²) in [7, 11) is 0. The number of carbonyl (C=O) groups is 1. The molecular formula is C17H11ClN8O3. The van der Waals surface area contributed by atoms with Crippen LogP contribution in [0.1, 0.15) is 10.4 Å². The van der Waals surface area contributed by atoms with E-state index in [0.717, 1.165) is 6.33 Å². The van der Waals surface area contributed by atoms with Crippen LogP contribution in [0.25, 0.3) is 16.9 Å². The minimum atomic E-state index is -0.664. The number of hydrogen-bond acceptors (Lipinski definition) is 8. The van der Waals surface area contributed by atoms with Crippen LogP contribution in [0.2, 0.25) is 5.02 Å². The third kappa shape index (κ3) is 3.53. The molecule has 2 N–H and O–H groups in total. The van der Waals surface area contributed by atoms with Crippen molar-refractivity contribution >= 4 is 40.0 Å². The lowest BCUT2D eigenvalue weighted by Gasteiger charge is -2.10. The number of anilines is 1. The molecule has 2 aromatic carbocycles. The number of nitrogens with one attached hydrogen (secondary N) is 2. The number of nitrogens with zero attached hydrogens (tertiary/aromatic N) is 6. The van der Waals surface area contributed by atoms with Gasteiger partial charge in [0, 0.05) is 10.6 Å². The largest absolute Gasteiger partial charge is 0.357 e. The zero-order valence-electron chi connectivity index (χ0n) is 14.5. The Hall–Kier alpha value is -4.12. The molecule has 0 saturated heterocycles. The maximum Gasteiger partial charge on any atom is 0.357 e. The van der Waals surface area contributed by atoms with Gasteiger partial charge in [0.25, 0.3) is 5.91 Å². The Morgan fingerprint density at radius 1 is 1.10 bits per heavy atom. The molecule has 0 radical (unpaired) electrons. The van der Waals surface area contributed by atoms with E-state index in [-0.39, 0.29) is 11.6 Å². The minimum absolute atomic E-state index is 0.0954. The van der Waals surface area contributed by atoms with Crippen LogP contribution in [0, 0.1) is 10.1 Å². The summed E-state index contributed by atoms with van der Waals surface area (Å²) < 4.78 is 1.24. The summed E-state index contributed by atoms with van der Waals surface area (Å²) in [4.78, 5) is 31.2. The van der Waals surface area contributed by atoms with Gasteiger partial charge in [-0.15, -0.1) is 5.10 Å². The number of halogens is 1. The molecule has 0 fully saturated rings. The highest BCUT2D eigenvalue weighted by Crippen LogP contribution is 2.28. The number of amides is 1. The Kier molecular flexibility index (Phi) is 4.71. The van der Waals surface area contributed by atoms with E-state index >= 15 is 0 Å². The first kappa shape index (κ1) is 18.3. The second kappa shape index (κ2) is 7.48. The SMILES string of the molecule is O=C(NNc1ncnc(-n2nnc3ccccc32)c1[N+](=O)[O-])c1ccc(Cl)cc1. The van der Waals surface area contributed by atoms with Crippen LogP contribution in [0.3, 0.4) is 0 Å². The number of hydrazine groups is 1. The maximum atomic E-state index is 12.2. The number of fused-ring (bicyclic) bond motifs is 1. The van der Waals surface area contributed by atoms with Crippen LogP contribution in [-0.4, -0.2) is 35.8 Å². The summed E-state index contributed by atoms with van der Waals surface area (Å²) in [5, 5.41) is 20.1. The van der Waals surface area contributed by atoms with E-state index < -0.39 is 16.5 Å². The predicted molar refractivity (Wildman–Crippen MR) is 104 cm³/mol. The van der Waals surface area contributed by atoms with E-state index in [1.54, 1.807) is 36.4 Å². The molecule has 0 bridgehead atoms. The average Bonchev–Trinajstić information content (AvgIpc) is 3.16. The molecule has 1 amide bonds. The van der Waals surface area contributed by atoms with E-state index in [4.69, 9.17) is 11.6 Å². The standard InChI is InChI=1S/C17H11ClN8O3/c18-11-7-5-10(6-8-11)17(27)23-22-15-14(26(28)29)16(20-9-19-15)25-13-4-2-1-3-12(13)21-24-25/h1-9H,(H,23,27)(H,19,20,22). The van der Waals surface area contributed by atoms with Crippen molar-refractivity contribution < 1.29 is 9.72 Å². The van der Waals surface area contributed by atoms with E-state index in [1.165, 1.54) is 16.8 Å². The van der Waals surface area contributed by atoms with Gasteiger partial charge in [0.2, 0.25) is 11.6 Å². The fraction of sp³-hybridized carbons (Fsp3) is 0. The number of para-hydroxylation sites is 1. The van der Waals surface area contributed by atoms with Gasteiger partial charge in [-0.1, -0.05) is 28.9 Å². The molecule has 2 heterocycles. The number of aromatic nitrogens is 5. The molecule has 4 rings (SSSR count). The molecule has 12 heteroatoms. The number of benzene rings is 2.